The van der Waals surface area contributed by atoms with Crippen molar-refractivity contribution in [2.45, 2.75) is 62.9 Å². The molecular formula is C27H30O10. The van der Waals surface area contributed by atoms with Gasteiger partial charge < -0.3 is 38.3 Å². The minimum absolute atomic E-state index is 0.00129. The number of ether oxygens (including phenoxy) is 7. The Morgan fingerprint density at radius 3 is 2.62 bits per heavy atom. The number of Topliss-reactive ketones (excluding diaryl/α,β-unsaturated/α-hetero) is 1. The summed E-state index contributed by atoms with van der Waals surface area (Å²) in [5, 5.41) is 12.1. The van der Waals surface area contributed by atoms with Crippen LogP contribution in [0.3, 0.4) is 0 Å². The Hall–Kier alpha value is -3.24. The number of carbonyl (C=O) groups is 2. The van der Waals surface area contributed by atoms with Crippen LogP contribution in [-0.2, 0) is 34.0 Å². The molecule has 1 unspecified atom stereocenters. The van der Waals surface area contributed by atoms with E-state index in [2.05, 4.69) is 0 Å². The average molecular weight is 515 g/mol. The van der Waals surface area contributed by atoms with Crippen LogP contribution >= 0.6 is 0 Å². The summed E-state index contributed by atoms with van der Waals surface area (Å²) in [7, 11) is 2.84. The van der Waals surface area contributed by atoms with Crippen LogP contribution in [-0.4, -0.2) is 61.8 Å². The Morgan fingerprint density at radius 2 is 1.95 bits per heavy atom. The molecule has 2 spiro atoms. The molecule has 1 saturated heterocycles. The van der Waals surface area contributed by atoms with Gasteiger partial charge in [0.15, 0.2) is 17.6 Å². The third-order valence-electron chi connectivity index (χ3n) is 8.91. The summed E-state index contributed by atoms with van der Waals surface area (Å²) in [6, 6.07) is 1.80. The largest absolute Gasteiger partial charge is 0.497 e. The first-order valence-electron chi connectivity index (χ1n) is 12.3. The number of benzene rings is 1. The van der Waals surface area contributed by atoms with Gasteiger partial charge in [0.25, 0.3) is 0 Å². The standard InChI is InChI=1S/C27H30O10/c1-7-12(2)23(29)36-24-25(4,30)13(3)18-14-8-15-19(35-11-34-15)21-17(14)26(10-33-21)22(28)20(32-6)16(31-5)9-27(24,26)37-18/h7-8,13,18,24,30H,9-11H2,1-6H3/b12-7+/t13-,18+,24-,25-,26?,27-/m0/s1. The summed E-state index contributed by atoms with van der Waals surface area (Å²) in [6.07, 6.45) is -0.291. The van der Waals surface area contributed by atoms with Crippen molar-refractivity contribution in [1.82, 2.24) is 0 Å². The maximum Gasteiger partial charge on any atom is 0.333 e. The van der Waals surface area contributed by atoms with E-state index in [1.807, 2.05) is 6.92 Å². The molecule has 37 heavy (non-hydrogen) atoms. The molecule has 1 aliphatic carbocycles. The lowest BCUT2D eigenvalue weighted by molar-refractivity contribution is -0.317. The summed E-state index contributed by atoms with van der Waals surface area (Å²) in [4.78, 5) is 27.6. The van der Waals surface area contributed by atoms with E-state index in [9.17, 15) is 14.7 Å². The molecule has 1 aromatic rings. The number of aliphatic hydroxyl groups is 1. The van der Waals surface area contributed by atoms with E-state index in [1.54, 1.807) is 32.9 Å². The molecule has 1 fully saturated rings. The third kappa shape index (κ3) is 2.67. The maximum absolute atomic E-state index is 14.5. The van der Waals surface area contributed by atoms with Crippen molar-refractivity contribution in [3.05, 3.63) is 40.4 Å². The van der Waals surface area contributed by atoms with Crippen LogP contribution in [0.5, 0.6) is 17.2 Å². The number of ketones is 1. The minimum Gasteiger partial charge on any atom is -0.497 e. The Labute approximate surface area is 214 Å². The van der Waals surface area contributed by atoms with Crippen molar-refractivity contribution < 1.29 is 47.9 Å². The fourth-order valence-corrected chi connectivity index (χ4v) is 6.68. The molecule has 1 aromatic carbocycles. The van der Waals surface area contributed by atoms with Crippen molar-refractivity contribution >= 4 is 11.8 Å². The summed E-state index contributed by atoms with van der Waals surface area (Å²) in [6.45, 7) is 6.68. The van der Waals surface area contributed by atoms with Crippen molar-refractivity contribution in [3.8, 4) is 17.2 Å². The van der Waals surface area contributed by atoms with Crippen molar-refractivity contribution in [2.24, 2.45) is 5.92 Å². The van der Waals surface area contributed by atoms with E-state index in [-0.39, 0.29) is 31.3 Å². The lowest BCUT2D eigenvalue weighted by atomic mass is 9.50. The second kappa shape index (κ2) is 7.64. The van der Waals surface area contributed by atoms with Gasteiger partial charge in [-0.15, -0.1) is 0 Å². The first-order valence-corrected chi connectivity index (χ1v) is 12.3. The first-order chi connectivity index (χ1) is 17.6. The van der Waals surface area contributed by atoms with E-state index in [4.69, 9.17) is 33.2 Å². The van der Waals surface area contributed by atoms with Gasteiger partial charge in [0.1, 0.15) is 29.0 Å². The molecular weight excluding hydrogens is 484 g/mol. The van der Waals surface area contributed by atoms with E-state index in [0.29, 0.717) is 33.9 Å². The summed E-state index contributed by atoms with van der Waals surface area (Å²) < 4.78 is 41.8. The zero-order valence-electron chi connectivity index (χ0n) is 21.6. The molecule has 6 atom stereocenters. The second-order valence-corrected chi connectivity index (χ2v) is 10.5. The molecule has 10 heteroatoms. The van der Waals surface area contributed by atoms with Crippen molar-refractivity contribution in [1.29, 1.82) is 0 Å². The van der Waals surface area contributed by atoms with Crippen LogP contribution in [0, 0.1) is 5.92 Å². The van der Waals surface area contributed by atoms with Gasteiger partial charge >= 0.3 is 5.97 Å². The molecule has 2 bridgehead atoms. The molecule has 0 radical (unpaired) electrons. The number of hydrogen-bond donors (Lipinski definition) is 1. The van der Waals surface area contributed by atoms with E-state index >= 15 is 0 Å². The highest BCUT2D eigenvalue weighted by atomic mass is 16.7. The zero-order valence-corrected chi connectivity index (χ0v) is 21.6. The Balaban J connectivity index is 1.69. The van der Waals surface area contributed by atoms with Crippen LogP contribution in [0.2, 0.25) is 0 Å². The van der Waals surface area contributed by atoms with Gasteiger partial charge in [-0.3, -0.25) is 4.79 Å². The lowest BCUT2D eigenvalue weighted by Crippen LogP contribution is -2.78. The summed E-state index contributed by atoms with van der Waals surface area (Å²) in [5.74, 6) is -0.0349. The van der Waals surface area contributed by atoms with Gasteiger partial charge in [0, 0.05) is 23.5 Å². The van der Waals surface area contributed by atoms with E-state index in [1.165, 1.54) is 14.2 Å². The number of methoxy groups -OCH3 is 2. The third-order valence-corrected chi connectivity index (χ3v) is 8.91. The van der Waals surface area contributed by atoms with E-state index < -0.39 is 46.5 Å². The summed E-state index contributed by atoms with van der Waals surface area (Å²) >= 11 is 0. The van der Waals surface area contributed by atoms with Gasteiger partial charge in [-0.05, 0) is 32.4 Å². The molecule has 4 heterocycles. The lowest BCUT2D eigenvalue weighted by Gasteiger charge is -2.64. The normalized spacial score (nSPS) is 37.0. The predicted octanol–water partition coefficient (Wildman–Crippen LogP) is 2.61. The Kier molecular flexibility index (Phi) is 4.98. The molecule has 198 valence electrons. The molecule has 6 rings (SSSR count). The number of esters is 1. The van der Waals surface area contributed by atoms with Gasteiger partial charge in [0.05, 0.1) is 20.3 Å². The minimum atomic E-state index is -1.60. The zero-order chi connectivity index (χ0) is 26.5. The fraction of sp³-hybridized carbons (Fsp3) is 0.556. The van der Waals surface area contributed by atoms with Crippen LogP contribution in [0.4, 0.5) is 0 Å². The monoisotopic (exact) mass is 514 g/mol. The van der Waals surface area contributed by atoms with Crippen LogP contribution in [0.25, 0.3) is 0 Å². The topological polar surface area (TPSA) is 119 Å². The summed E-state index contributed by atoms with van der Waals surface area (Å²) in [5.41, 5.74) is -3.05. The molecule has 5 aliphatic rings. The number of rotatable bonds is 4. The van der Waals surface area contributed by atoms with Crippen molar-refractivity contribution in [3.63, 3.8) is 0 Å². The number of fused-ring (bicyclic) bond motifs is 4. The smallest absolute Gasteiger partial charge is 0.333 e. The Bertz CT molecular complexity index is 1290. The number of hydrogen-bond acceptors (Lipinski definition) is 10. The molecule has 10 nitrogen and oxygen atoms in total. The number of carbonyl (C=O) groups excluding carboxylic acids is 2. The quantitative estimate of drug-likeness (QED) is 0.474. The number of allylic oxidation sites excluding steroid dienone is 2. The SMILES string of the molecule is C/C=C(\C)C(=O)O[C@H]1[C@@](C)(O)[C@@H](C)[C@H]2O[C@@]13CC(OC)=C(OC)C(=O)C31COc3c4c(cc2c31)OCO4. The van der Waals surface area contributed by atoms with Gasteiger partial charge in [-0.2, -0.15) is 0 Å². The molecule has 1 N–H and O–H groups in total. The molecule has 0 saturated carbocycles. The average Bonchev–Trinajstić information content (AvgIpc) is 3.52. The maximum atomic E-state index is 14.5. The van der Waals surface area contributed by atoms with Crippen molar-refractivity contribution in [2.75, 3.05) is 27.6 Å². The second-order valence-electron chi connectivity index (χ2n) is 10.5. The van der Waals surface area contributed by atoms with Crippen LogP contribution in [0.1, 0.15) is 51.3 Å². The highest BCUT2D eigenvalue weighted by Crippen LogP contribution is 2.69. The fourth-order valence-electron chi connectivity index (χ4n) is 6.68. The van der Waals surface area contributed by atoms with Gasteiger partial charge in [-0.25, -0.2) is 4.79 Å². The molecule has 4 aliphatic heterocycles. The van der Waals surface area contributed by atoms with Gasteiger partial charge in [-0.1, -0.05) is 13.0 Å². The predicted molar refractivity (Wildman–Crippen MR) is 126 cm³/mol. The van der Waals surface area contributed by atoms with Crippen LogP contribution < -0.4 is 14.2 Å². The molecule has 0 aromatic heterocycles. The first kappa shape index (κ1) is 24.1. The van der Waals surface area contributed by atoms with Gasteiger partial charge in [0.2, 0.25) is 24.1 Å². The molecule has 0 amide bonds. The highest BCUT2D eigenvalue weighted by molar-refractivity contribution is 6.07. The van der Waals surface area contributed by atoms with Crippen LogP contribution in [0.15, 0.2) is 29.2 Å². The highest BCUT2D eigenvalue weighted by Gasteiger charge is 2.79. The van der Waals surface area contributed by atoms with E-state index in [0.717, 1.165) is 0 Å². The Morgan fingerprint density at radius 1 is 1.19 bits per heavy atom.